The number of piperazine rings is 1. The number of carbonyl (C=O) groups is 1. The number of fused-ring (bicyclic) bond motifs is 1. The number of nitrogen functional groups attached to an aromatic ring is 1. The normalized spacial score (nSPS) is 25.2. The number of nitrogens with two attached hydrogens (primary N) is 1. The molecule has 9 heteroatoms. The van der Waals surface area contributed by atoms with E-state index in [4.69, 9.17) is 5.73 Å². The molecule has 0 unspecified atom stereocenters. The van der Waals surface area contributed by atoms with E-state index in [0.717, 1.165) is 60.1 Å². The van der Waals surface area contributed by atoms with Gasteiger partial charge in [-0.15, -0.1) is 0 Å². The average molecular weight is 455 g/mol. The summed E-state index contributed by atoms with van der Waals surface area (Å²) in [5.74, 6) is 1.30. The monoisotopic (exact) mass is 455 g/mol. The van der Waals surface area contributed by atoms with E-state index in [-0.39, 0.29) is 5.91 Å². The van der Waals surface area contributed by atoms with Gasteiger partial charge in [0.2, 0.25) is 5.91 Å². The fourth-order valence-electron chi connectivity index (χ4n) is 3.99. The summed E-state index contributed by atoms with van der Waals surface area (Å²) in [5, 5.41) is 8.43. The summed E-state index contributed by atoms with van der Waals surface area (Å²) in [6, 6.07) is 0.362. The number of halogens is 1. The number of hydrogen-bond donors (Lipinski definition) is 2. The van der Waals surface area contributed by atoms with E-state index < -0.39 is 0 Å². The number of amides is 1. The zero-order valence-electron chi connectivity index (χ0n) is 14.0. The molecule has 3 N–H and O–H groups in total. The van der Waals surface area contributed by atoms with Gasteiger partial charge in [-0.25, -0.2) is 14.6 Å². The van der Waals surface area contributed by atoms with E-state index in [2.05, 4.69) is 47.9 Å². The lowest BCUT2D eigenvalue weighted by molar-refractivity contribution is -0.124. The largest absolute Gasteiger partial charge is 0.383 e. The lowest BCUT2D eigenvalue weighted by Gasteiger charge is -2.34. The molecule has 2 aliphatic rings. The number of nitrogens with zero attached hydrogens (tertiary/aromatic N) is 5. The Kier molecular flexibility index (Phi) is 4.76. The van der Waals surface area contributed by atoms with Gasteiger partial charge in [0.15, 0.2) is 5.65 Å². The molecule has 8 nitrogen and oxygen atoms in total. The minimum atomic E-state index is 0.148. The molecule has 1 amide bonds. The van der Waals surface area contributed by atoms with Crippen LogP contribution in [0, 0.1) is 9.62 Å². The number of rotatable bonds is 3. The van der Waals surface area contributed by atoms with Gasteiger partial charge in [0, 0.05) is 19.6 Å². The van der Waals surface area contributed by atoms with Crippen molar-refractivity contribution in [3.63, 3.8) is 0 Å². The Bertz CT molecular complexity index is 784. The zero-order valence-corrected chi connectivity index (χ0v) is 16.1. The summed E-state index contributed by atoms with van der Waals surface area (Å²) >= 11 is 2.21. The molecule has 4 rings (SSSR count). The molecule has 2 aromatic heterocycles. The zero-order chi connectivity index (χ0) is 17.4. The highest BCUT2D eigenvalue weighted by molar-refractivity contribution is 14.1. The molecule has 1 aliphatic heterocycles. The second-order valence-corrected chi connectivity index (χ2v) is 7.97. The quantitative estimate of drug-likeness (QED) is 0.675. The Morgan fingerprint density at radius 1 is 1.28 bits per heavy atom. The van der Waals surface area contributed by atoms with Gasteiger partial charge in [-0.2, -0.15) is 5.10 Å². The van der Waals surface area contributed by atoms with Crippen LogP contribution in [0.4, 0.5) is 5.82 Å². The molecule has 0 spiro atoms. The first-order valence-corrected chi connectivity index (χ1v) is 9.83. The molecular formula is C16H22IN7O. The summed E-state index contributed by atoms with van der Waals surface area (Å²) in [7, 11) is 0. The molecule has 0 radical (unpaired) electrons. The third kappa shape index (κ3) is 3.43. The summed E-state index contributed by atoms with van der Waals surface area (Å²) in [4.78, 5) is 22.3. The van der Waals surface area contributed by atoms with Crippen LogP contribution < -0.4 is 11.1 Å². The first kappa shape index (κ1) is 17.0. The van der Waals surface area contributed by atoms with Gasteiger partial charge in [0.1, 0.15) is 15.8 Å². The Labute approximate surface area is 159 Å². The highest BCUT2D eigenvalue weighted by Gasteiger charge is 2.28. The van der Waals surface area contributed by atoms with E-state index in [0.29, 0.717) is 24.3 Å². The molecule has 25 heavy (non-hydrogen) atoms. The Morgan fingerprint density at radius 3 is 2.84 bits per heavy atom. The van der Waals surface area contributed by atoms with Crippen LogP contribution in [-0.4, -0.2) is 56.7 Å². The van der Waals surface area contributed by atoms with E-state index in [1.54, 1.807) is 0 Å². The van der Waals surface area contributed by atoms with Crippen LogP contribution in [0.5, 0.6) is 0 Å². The Morgan fingerprint density at radius 2 is 2.08 bits per heavy atom. The van der Waals surface area contributed by atoms with Crippen LogP contribution in [0.3, 0.4) is 0 Å². The maximum atomic E-state index is 11.5. The van der Waals surface area contributed by atoms with Crippen LogP contribution in [-0.2, 0) is 4.79 Å². The maximum absolute atomic E-state index is 11.5. The lowest BCUT2D eigenvalue weighted by Crippen LogP contribution is -2.49. The van der Waals surface area contributed by atoms with Gasteiger partial charge in [-0.3, -0.25) is 9.69 Å². The molecule has 0 bridgehead atoms. The standard InChI is InChI=1S/C16H22IN7O/c17-14-13-15(18)20-9-21-16(13)24(22-14)11-3-1-10(2-4-11)7-23-6-5-19-12(25)8-23/h9-11H,1-8H2,(H,19,25)(H2,18,20,21). The van der Waals surface area contributed by atoms with Crippen LogP contribution in [0.1, 0.15) is 31.7 Å². The number of aromatic nitrogens is 4. The van der Waals surface area contributed by atoms with E-state index in [1.807, 2.05) is 4.68 Å². The third-order valence-electron chi connectivity index (χ3n) is 5.27. The van der Waals surface area contributed by atoms with Crippen LogP contribution in [0.25, 0.3) is 11.0 Å². The first-order chi connectivity index (χ1) is 12.1. The summed E-state index contributed by atoms with van der Waals surface area (Å²) < 4.78 is 2.91. The lowest BCUT2D eigenvalue weighted by atomic mass is 9.85. The Hall–Kier alpha value is -1.49. The van der Waals surface area contributed by atoms with E-state index in [9.17, 15) is 4.79 Å². The fraction of sp³-hybridized carbons (Fsp3) is 0.625. The SMILES string of the molecule is Nc1ncnc2c1c(I)nn2C1CCC(CN2CCNC(=O)C2)CC1. The number of nitrogens with one attached hydrogen (secondary N) is 1. The van der Waals surface area contributed by atoms with E-state index >= 15 is 0 Å². The number of anilines is 1. The highest BCUT2D eigenvalue weighted by atomic mass is 127. The molecule has 2 fully saturated rings. The van der Waals surface area contributed by atoms with Crippen LogP contribution >= 0.6 is 22.6 Å². The Balaban J connectivity index is 1.42. The summed E-state index contributed by atoms with van der Waals surface area (Å²) in [6.45, 7) is 3.29. The number of hydrogen-bond acceptors (Lipinski definition) is 6. The second kappa shape index (κ2) is 7.02. The summed E-state index contributed by atoms with van der Waals surface area (Å²) in [6.07, 6.45) is 5.99. The maximum Gasteiger partial charge on any atom is 0.234 e. The minimum absolute atomic E-state index is 0.148. The molecule has 2 aromatic rings. The summed E-state index contributed by atoms with van der Waals surface area (Å²) in [5.41, 5.74) is 6.83. The van der Waals surface area contributed by atoms with Gasteiger partial charge >= 0.3 is 0 Å². The molecule has 134 valence electrons. The molecule has 1 aliphatic carbocycles. The van der Waals surface area contributed by atoms with Crippen molar-refractivity contribution in [3.05, 3.63) is 10.0 Å². The predicted molar refractivity (Wildman–Crippen MR) is 103 cm³/mol. The van der Waals surface area contributed by atoms with Gasteiger partial charge < -0.3 is 11.1 Å². The van der Waals surface area contributed by atoms with Crippen molar-refractivity contribution in [2.24, 2.45) is 5.92 Å². The van der Waals surface area contributed by atoms with Gasteiger partial charge in [-0.05, 0) is 54.2 Å². The topological polar surface area (TPSA) is 102 Å². The van der Waals surface area contributed by atoms with Crippen molar-refractivity contribution in [2.75, 3.05) is 31.9 Å². The second-order valence-electron chi connectivity index (χ2n) is 6.95. The van der Waals surface area contributed by atoms with Crippen molar-refractivity contribution in [1.82, 2.24) is 30.0 Å². The van der Waals surface area contributed by atoms with Crippen molar-refractivity contribution in [1.29, 1.82) is 0 Å². The molecule has 0 atom stereocenters. The van der Waals surface area contributed by atoms with Gasteiger partial charge in [-0.1, -0.05) is 0 Å². The smallest absolute Gasteiger partial charge is 0.234 e. The predicted octanol–water partition coefficient (Wildman–Crippen LogP) is 1.18. The van der Waals surface area contributed by atoms with Gasteiger partial charge in [0.05, 0.1) is 18.0 Å². The van der Waals surface area contributed by atoms with Gasteiger partial charge in [0.25, 0.3) is 0 Å². The van der Waals surface area contributed by atoms with Crippen molar-refractivity contribution in [2.45, 2.75) is 31.7 Å². The third-order valence-corrected chi connectivity index (χ3v) is 6.03. The number of carbonyl (C=O) groups excluding carboxylic acids is 1. The molecule has 3 heterocycles. The minimum Gasteiger partial charge on any atom is -0.383 e. The first-order valence-electron chi connectivity index (χ1n) is 8.75. The van der Waals surface area contributed by atoms with E-state index in [1.165, 1.54) is 6.33 Å². The van der Waals surface area contributed by atoms with Crippen LogP contribution in [0.2, 0.25) is 0 Å². The van der Waals surface area contributed by atoms with Crippen LogP contribution in [0.15, 0.2) is 6.33 Å². The highest BCUT2D eigenvalue weighted by Crippen LogP contribution is 2.35. The molecule has 1 saturated heterocycles. The molecule has 0 aromatic carbocycles. The average Bonchev–Trinajstić information content (AvgIpc) is 2.94. The van der Waals surface area contributed by atoms with Crippen molar-refractivity contribution >= 4 is 45.3 Å². The van der Waals surface area contributed by atoms with Crippen molar-refractivity contribution < 1.29 is 4.79 Å². The molecular weight excluding hydrogens is 433 g/mol. The van der Waals surface area contributed by atoms with Crippen molar-refractivity contribution in [3.8, 4) is 0 Å². The fourth-order valence-corrected chi connectivity index (χ4v) is 4.74. The molecule has 1 saturated carbocycles.